The number of nitrogens with one attached hydrogen (secondary N) is 1. The van der Waals surface area contributed by atoms with Crippen LogP contribution in [0.2, 0.25) is 5.02 Å². The van der Waals surface area contributed by atoms with E-state index in [1.165, 1.54) is 0 Å². The standard InChI is InChI=1S/C14H9ClN4S2/c15-8-1-2-10-11(5-8)19-12(18-10)6-21-14-9-3-4-20-13(9)16-7-17-14/h1-5,7H,6H2,(H,18,19). The van der Waals surface area contributed by atoms with E-state index in [4.69, 9.17) is 11.6 Å². The molecule has 0 amide bonds. The third-order valence-electron chi connectivity index (χ3n) is 3.06. The Bertz CT molecular complexity index is 931. The highest BCUT2D eigenvalue weighted by molar-refractivity contribution is 7.98. The molecule has 0 aliphatic heterocycles. The molecule has 0 bridgehead atoms. The third-order valence-corrected chi connectivity index (χ3v) is 5.14. The lowest BCUT2D eigenvalue weighted by Crippen LogP contribution is -1.87. The molecule has 0 saturated carbocycles. The number of thiophene rings is 1. The molecule has 21 heavy (non-hydrogen) atoms. The lowest BCUT2D eigenvalue weighted by molar-refractivity contribution is 1.09. The van der Waals surface area contributed by atoms with Gasteiger partial charge in [-0.2, -0.15) is 0 Å². The normalized spacial score (nSPS) is 11.5. The highest BCUT2D eigenvalue weighted by Gasteiger charge is 2.08. The van der Waals surface area contributed by atoms with Crippen molar-refractivity contribution < 1.29 is 0 Å². The van der Waals surface area contributed by atoms with Crippen molar-refractivity contribution in [1.82, 2.24) is 19.9 Å². The van der Waals surface area contributed by atoms with Crippen LogP contribution in [0.15, 0.2) is 41.0 Å². The van der Waals surface area contributed by atoms with Crippen LogP contribution in [0.5, 0.6) is 0 Å². The van der Waals surface area contributed by atoms with Crippen LogP contribution in [-0.4, -0.2) is 19.9 Å². The fourth-order valence-electron chi connectivity index (χ4n) is 2.12. The summed E-state index contributed by atoms with van der Waals surface area (Å²) in [6, 6.07) is 7.71. The Kier molecular flexibility index (Phi) is 3.29. The van der Waals surface area contributed by atoms with E-state index >= 15 is 0 Å². The van der Waals surface area contributed by atoms with Crippen molar-refractivity contribution >= 4 is 55.9 Å². The summed E-state index contributed by atoms with van der Waals surface area (Å²) < 4.78 is 0. The van der Waals surface area contributed by atoms with Gasteiger partial charge in [-0.05, 0) is 29.6 Å². The van der Waals surface area contributed by atoms with Crippen molar-refractivity contribution in [3.8, 4) is 0 Å². The van der Waals surface area contributed by atoms with Crippen LogP contribution in [0.1, 0.15) is 5.82 Å². The molecule has 7 heteroatoms. The van der Waals surface area contributed by atoms with E-state index in [-0.39, 0.29) is 0 Å². The minimum absolute atomic E-state index is 0.709. The fourth-order valence-corrected chi connectivity index (χ4v) is 3.94. The van der Waals surface area contributed by atoms with Gasteiger partial charge in [0.1, 0.15) is 22.0 Å². The summed E-state index contributed by atoms with van der Waals surface area (Å²) in [7, 11) is 0. The summed E-state index contributed by atoms with van der Waals surface area (Å²) in [6.07, 6.45) is 1.61. The van der Waals surface area contributed by atoms with E-state index in [0.717, 1.165) is 37.9 Å². The first-order valence-corrected chi connectivity index (χ1v) is 8.49. The highest BCUT2D eigenvalue weighted by Crippen LogP contribution is 2.29. The number of hydrogen-bond donors (Lipinski definition) is 1. The molecule has 1 N–H and O–H groups in total. The van der Waals surface area contributed by atoms with Gasteiger partial charge < -0.3 is 4.98 Å². The molecule has 0 unspecified atom stereocenters. The quantitative estimate of drug-likeness (QED) is 0.443. The van der Waals surface area contributed by atoms with E-state index in [9.17, 15) is 0 Å². The predicted octanol–water partition coefficient (Wildman–Crippen LogP) is 4.51. The number of halogens is 1. The molecule has 4 rings (SSSR count). The van der Waals surface area contributed by atoms with Crippen LogP contribution in [0, 0.1) is 0 Å². The predicted molar refractivity (Wildman–Crippen MR) is 88.1 cm³/mol. The van der Waals surface area contributed by atoms with Gasteiger partial charge in [0.15, 0.2) is 0 Å². The van der Waals surface area contributed by atoms with E-state index in [1.807, 2.05) is 23.6 Å². The summed E-state index contributed by atoms with van der Waals surface area (Å²) in [5, 5.41) is 4.83. The van der Waals surface area contributed by atoms with Crippen molar-refractivity contribution in [3.05, 3.63) is 46.8 Å². The molecule has 1 aromatic carbocycles. The Morgan fingerprint density at radius 3 is 3.14 bits per heavy atom. The number of imidazole rings is 1. The first-order chi connectivity index (χ1) is 10.3. The second-order valence-corrected chi connectivity index (χ2v) is 6.75. The number of fused-ring (bicyclic) bond motifs is 2. The zero-order valence-electron chi connectivity index (χ0n) is 10.7. The van der Waals surface area contributed by atoms with Crippen LogP contribution in [-0.2, 0) is 5.75 Å². The van der Waals surface area contributed by atoms with Crippen molar-refractivity contribution in [1.29, 1.82) is 0 Å². The van der Waals surface area contributed by atoms with E-state index in [2.05, 4.69) is 26.0 Å². The van der Waals surface area contributed by atoms with E-state index < -0.39 is 0 Å². The molecule has 0 atom stereocenters. The monoisotopic (exact) mass is 332 g/mol. The minimum Gasteiger partial charge on any atom is -0.341 e. The van der Waals surface area contributed by atoms with Crippen LogP contribution in [0.4, 0.5) is 0 Å². The fraction of sp³-hybridized carbons (Fsp3) is 0.0714. The van der Waals surface area contributed by atoms with Gasteiger partial charge in [0.05, 0.1) is 16.8 Å². The molecule has 104 valence electrons. The second kappa shape index (κ2) is 5.29. The van der Waals surface area contributed by atoms with Crippen molar-refractivity contribution in [2.24, 2.45) is 0 Å². The lowest BCUT2D eigenvalue weighted by Gasteiger charge is -1.99. The van der Waals surface area contributed by atoms with Gasteiger partial charge in [0, 0.05) is 10.4 Å². The summed E-state index contributed by atoms with van der Waals surface area (Å²) in [5.41, 5.74) is 1.89. The van der Waals surface area contributed by atoms with E-state index in [1.54, 1.807) is 29.4 Å². The van der Waals surface area contributed by atoms with Crippen molar-refractivity contribution in [3.63, 3.8) is 0 Å². The number of rotatable bonds is 3. The zero-order valence-corrected chi connectivity index (χ0v) is 13.1. The molecule has 3 heterocycles. The Morgan fingerprint density at radius 2 is 2.19 bits per heavy atom. The molecule has 0 radical (unpaired) electrons. The SMILES string of the molecule is Clc1ccc2nc(CSc3ncnc4sccc34)[nH]c2c1. The van der Waals surface area contributed by atoms with Crippen LogP contribution < -0.4 is 0 Å². The summed E-state index contributed by atoms with van der Waals surface area (Å²) in [6.45, 7) is 0. The summed E-state index contributed by atoms with van der Waals surface area (Å²) >= 11 is 9.27. The first-order valence-electron chi connectivity index (χ1n) is 6.25. The molecule has 0 fully saturated rings. The number of aromatic nitrogens is 4. The Balaban J connectivity index is 1.61. The van der Waals surface area contributed by atoms with Crippen LogP contribution >= 0.6 is 34.7 Å². The number of benzene rings is 1. The number of hydrogen-bond acceptors (Lipinski definition) is 5. The van der Waals surface area contributed by atoms with E-state index in [0.29, 0.717) is 5.02 Å². The highest BCUT2D eigenvalue weighted by atomic mass is 35.5. The maximum absolute atomic E-state index is 5.98. The van der Waals surface area contributed by atoms with Gasteiger partial charge in [-0.1, -0.05) is 23.4 Å². The number of H-pyrrole nitrogens is 1. The molecule has 0 aliphatic carbocycles. The number of nitrogens with zero attached hydrogens (tertiary/aromatic N) is 3. The molecule has 0 spiro atoms. The Labute approximate surface area is 133 Å². The minimum atomic E-state index is 0.709. The maximum atomic E-state index is 5.98. The molecule has 0 saturated heterocycles. The molecule has 0 aliphatic rings. The largest absolute Gasteiger partial charge is 0.341 e. The van der Waals surface area contributed by atoms with Crippen molar-refractivity contribution in [2.45, 2.75) is 10.8 Å². The maximum Gasteiger partial charge on any atom is 0.127 e. The lowest BCUT2D eigenvalue weighted by atomic mass is 10.3. The van der Waals surface area contributed by atoms with Gasteiger partial charge in [0.25, 0.3) is 0 Å². The number of thioether (sulfide) groups is 1. The second-order valence-electron chi connectivity index (χ2n) is 4.45. The number of aromatic amines is 1. The molecule has 4 nitrogen and oxygen atoms in total. The average Bonchev–Trinajstić information content (AvgIpc) is 3.10. The smallest absolute Gasteiger partial charge is 0.127 e. The average molecular weight is 333 g/mol. The molecular weight excluding hydrogens is 324 g/mol. The Hall–Kier alpha value is -1.63. The van der Waals surface area contributed by atoms with Gasteiger partial charge in [-0.25, -0.2) is 15.0 Å². The van der Waals surface area contributed by atoms with Gasteiger partial charge in [0.2, 0.25) is 0 Å². The molecular formula is C14H9ClN4S2. The third kappa shape index (κ3) is 2.50. The van der Waals surface area contributed by atoms with Gasteiger partial charge >= 0.3 is 0 Å². The summed E-state index contributed by atoms with van der Waals surface area (Å²) in [4.78, 5) is 17.5. The topological polar surface area (TPSA) is 54.5 Å². The zero-order chi connectivity index (χ0) is 14.2. The van der Waals surface area contributed by atoms with Crippen molar-refractivity contribution in [2.75, 3.05) is 0 Å². The molecule has 4 aromatic rings. The first kappa shape index (κ1) is 13.1. The summed E-state index contributed by atoms with van der Waals surface area (Å²) in [5.74, 6) is 1.65. The van der Waals surface area contributed by atoms with Gasteiger partial charge in [-0.3, -0.25) is 0 Å². The van der Waals surface area contributed by atoms with Crippen LogP contribution in [0.3, 0.4) is 0 Å². The molecule has 3 aromatic heterocycles. The van der Waals surface area contributed by atoms with Crippen LogP contribution in [0.25, 0.3) is 21.3 Å². The van der Waals surface area contributed by atoms with Gasteiger partial charge in [-0.15, -0.1) is 11.3 Å². The Morgan fingerprint density at radius 1 is 1.24 bits per heavy atom.